The van der Waals surface area contributed by atoms with Gasteiger partial charge in [-0.15, -0.1) is 0 Å². The first-order chi connectivity index (χ1) is 15.0. The van der Waals surface area contributed by atoms with E-state index in [1.54, 1.807) is 42.6 Å². The van der Waals surface area contributed by atoms with Gasteiger partial charge in [0.25, 0.3) is 5.91 Å². The number of fused-ring (bicyclic) bond motifs is 1. The van der Waals surface area contributed by atoms with Crippen molar-refractivity contribution < 1.29 is 18.7 Å². The van der Waals surface area contributed by atoms with E-state index in [-0.39, 0.29) is 11.7 Å². The lowest BCUT2D eigenvalue weighted by Crippen LogP contribution is -2.17. The minimum absolute atomic E-state index is 0.153. The number of nitrogens with one attached hydrogen (secondary N) is 1. The lowest BCUT2D eigenvalue weighted by molar-refractivity contribution is 0.0562. The molecule has 31 heavy (non-hydrogen) atoms. The summed E-state index contributed by atoms with van der Waals surface area (Å²) in [4.78, 5) is 23.8. The van der Waals surface area contributed by atoms with Crippen LogP contribution in [0.3, 0.4) is 0 Å². The van der Waals surface area contributed by atoms with Crippen LogP contribution in [0.15, 0.2) is 76.4 Å². The molecule has 0 bridgehead atoms. The molecule has 1 N–H and O–H groups in total. The molecule has 0 radical (unpaired) electrons. The highest BCUT2D eigenvalue weighted by Crippen LogP contribution is 2.22. The third-order valence-corrected chi connectivity index (χ3v) is 4.92. The summed E-state index contributed by atoms with van der Waals surface area (Å²) in [5, 5.41) is 5.62. The molecular weight excluding hydrogens is 418 g/mol. The Hall–Kier alpha value is -3.84. The summed E-state index contributed by atoms with van der Waals surface area (Å²) < 4.78 is 12.2. The van der Waals surface area contributed by atoms with Gasteiger partial charge in [0.15, 0.2) is 0 Å². The number of hydrazone groups is 1. The summed E-state index contributed by atoms with van der Waals surface area (Å²) in [5.74, 6) is -0.0863. The smallest absolute Gasteiger partial charge is 0.373 e. The molecule has 0 saturated heterocycles. The van der Waals surface area contributed by atoms with Crippen molar-refractivity contribution in [1.82, 2.24) is 9.99 Å². The van der Waals surface area contributed by atoms with E-state index in [1.165, 1.54) is 7.11 Å². The molecule has 0 aliphatic carbocycles. The van der Waals surface area contributed by atoms with Crippen molar-refractivity contribution in [2.75, 3.05) is 7.11 Å². The SMILES string of the molecule is COC(=O)c1ccc(Cn2cc(/C=N\NC(=O)c3ccc(Cl)cc3)c3ccccc32)o1. The van der Waals surface area contributed by atoms with E-state index in [2.05, 4.69) is 15.3 Å². The summed E-state index contributed by atoms with van der Waals surface area (Å²) in [7, 11) is 1.31. The molecule has 0 atom stereocenters. The number of amides is 1. The number of halogens is 1. The Kier molecular flexibility index (Phi) is 5.86. The number of hydrogen-bond acceptors (Lipinski definition) is 5. The third-order valence-electron chi connectivity index (χ3n) is 4.67. The molecular formula is C23H18ClN3O4. The molecule has 0 unspecified atom stereocenters. The summed E-state index contributed by atoms with van der Waals surface area (Å²) >= 11 is 5.85. The molecule has 0 fully saturated rings. The molecule has 156 valence electrons. The van der Waals surface area contributed by atoms with Crippen molar-refractivity contribution in [2.45, 2.75) is 6.54 Å². The van der Waals surface area contributed by atoms with Gasteiger partial charge in [0.05, 0.1) is 19.9 Å². The fourth-order valence-corrected chi connectivity index (χ4v) is 3.30. The Morgan fingerprint density at radius 3 is 2.68 bits per heavy atom. The molecule has 2 aromatic carbocycles. The summed E-state index contributed by atoms with van der Waals surface area (Å²) in [5.41, 5.74) is 4.77. The topological polar surface area (TPSA) is 85.8 Å². The van der Waals surface area contributed by atoms with Gasteiger partial charge < -0.3 is 13.7 Å². The Bertz CT molecular complexity index is 1270. The molecule has 0 saturated carbocycles. The quantitative estimate of drug-likeness (QED) is 0.275. The largest absolute Gasteiger partial charge is 0.463 e. The zero-order valence-corrected chi connectivity index (χ0v) is 17.3. The van der Waals surface area contributed by atoms with Crippen LogP contribution in [0.4, 0.5) is 0 Å². The highest BCUT2D eigenvalue weighted by molar-refractivity contribution is 6.30. The first-order valence-electron chi connectivity index (χ1n) is 9.39. The van der Waals surface area contributed by atoms with Gasteiger partial charge >= 0.3 is 5.97 Å². The van der Waals surface area contributed by atoms with E-state index in [4.69, 9.17) is 16.0 Å². The van der Waals surface area contributed by atoms with Crippen LogP contribution in [-0.4, -0.2) is 29.8 Å². The average molecular weight is 436 g/mol. The minimum Gasteiger partial charge on any atom is -0.463 e. The summed E-state index contributed by atoms with van der Waals surface area (Å²) in [6.45, 7) is 0.419. The number of esters is 1. The van der Waals surface area contributed by atoms with Gasteiger partial charge in [0.1, 0.15) is 5.76 Å². The van der Waals surface area contributed by atoms with E-state index in [1.807, 2.05) is 35.0 Å². The standard InChI is InChI=1S/C23H18ClN3O4/c1-30-23(29)21-11-10-18(31-21)14-27-13-16(19-4-2-3-5-20(19)27)12-25-26-22(28)15-6-8-17(24)9-7-15/h2-13H,14H2,1H3,(H,26,28)/b25-12-. The highest BCUT2D eigenvalue weighted by Gasteiger charge is 2.13. The maximum atomic E-state index is 12.2. The van der Waals surface area contributed by atoms with Gasteiger partial charge in [0.2, 0.25) is 5.76 Å². The molecule has 2 aromatic heterocycles. The van der Waals surface area contributed by atoms with Gasteiger partial charge in [0, 0.05) is 33.2 Å². The predicted molar refractivity (Wildman–Crippen MR) is 118 cm³/mol. The first kappa shape index (κ1) is 20.4. The number of ether oxygens (including phenoxy) is 1. The Morgan fingerprint density at radius 2 is 1.90 bits per heavy atom. The normalized spacial score (nSPS) is 11.2. The van der Waals surface area contributed by atoms with Crippen LogP contribution in [0.25, 0.3) is 10.9 Å². The van der Waals surface area contributed by atoms with E-state index >= 15 is 0 Å². The van der Waals surface area contributed by atoms with E-state index < -0.39 is 5.97 Å². The summed E-state index contributed by atoms with van der Waals surface area (Å²) in [6, 6.07) is 17.7. The van der Waals surface area contributed by atoms with Crippen molar-refractivity contribution in [3.63, 3.8) is 0 Å². The van der Waals surface area contributed by atoms with Crippen LogP contribution < -0.4 is 5.43 Å². The van der Waals surface area contributed by atoms with Crippen molar-refractivity contribution in [3.05, 3.63) is 94.5 Å². The number of benzene rings is 2. The zero-order valence-electron chi connectivity index (χ0n) is 16.5. The van der Waals surface area contributed by atoms with Crippen LogP contribution in [0.1, 0.15) is 32.2 Å². The summed E-state index contributed by atoms with van der Waals surface area (Å²) in [6.07, 6.45) is 3.50. The van der Waals surface area contributed by atoms with Gasteiger partial charge in [-0.05, 0) is 42.5 Å². The number of furan rings is 1. The predicted octanol–water partition coefficient (Wildman–Crippen LogP) is 4.49. The second-order valence-corrected chi connectivity index (χ2v) is 7.13. The maximum absolute atomic E-state index is 12.2. The average Bonchev–Trinajstić information content (AvgIpc) is 3.39. The molecule has 0 aliphatic heterocycles. The Labute approximate surface area is 182 Å². The second-order valence-electron chi connectivity index (χ2n) is 6.69. The van der Waals surface area contributed by atoms with Gasteiger partial charge in [-0.1, -0.05) is 29.8 Å². The van der Waals surface area contributed by atoms with Crippen LogP contribution in [0.5, 0.6) is 0 Å². The fraction of sp³-hybridized carbons (Fsp3) is 0.0870. The molecule has 4 rings (SSSR count). The third kappa shape index (κ3) is 4.51. The molecule has 8 heteroatoms. The van der Waals surface area contributed by atoms with E-state index in [9.17, 15) is 9.59 Å². The van der Waals surface area contributed by atoms with Crippen LogP contribution >= 0.6 is 11.6 Å². The monoisotopic (exact) mass is 435 g/mol. The number of carbonyl (C=O) groups excluding carboxylic acids is 2. The Morgan fingerprint density at radius 1 is 1.13 bits per heavy atom. The van der Waals surface area contributed by atoms with Crippen molar-refractivity contribution in [1.29, 1.82) is 0 Å². The van der Waals surface area contributed by atoms with Crippen molar-refractivity contribution >= 4 is 40.6 Å². The number of hydrogen-bond donors (Lipinski definition) is 1. The van der Waals surface area contributed by atoms with Crippen LogP contribution in [0, 0.1) is 0 Å². The first-order valence-corrected chi connectivity index (χ1v) is 9.77. The fourth-order valence-electron chi connectivity index (χ4n) is 3.18. The highest BCUT2D eigenvalue weighted by atomic mass is 35.5. The minimum atomic E-state index is -0.520. The van der Waals surface area contributed by atoms with Gasteiger partial charge in [-0.3, -0.25) is 4.79 Å². The molecule has 2 heterocycles. The van der Waals surface area contributed by atoms with E-state index in [0.717, 1.165) is 16.5 Å². The number of carbonyl (C=O) groups is 2. The lowest BCUT2D eigenvalue weighted by atomic mass is 10.2. The number of methoxy groups -OCH3 is 1. The van der Waals surface area contributed by atoms with Crippen LogP contribution in [-0.2, 0) is 11.3 Å². The number of para-hydroxylation sites is 1. The van der Waals surface area contributed by atoms with E-state index in [0.29, 0.717) is 22.9 Å². The van der Waals surface area contributed by atoms with Gasteiger partial charge in [-0.25, -0.2) is 10.2 Å². The lowest BCUT2D eigenvalue weighted by Gasteiger charge is -2.02. The molecule has 7 nitrogen and oxygen atoms in total. The molecule has 0 spiro atoms. The second kappa shape index (κ2) is 8.89. The van der Waals surface area contributed by atoms with Crippen molar-refractivity contribution in [2.24, 2.45) is 5.10 Å². The molecule has 0 aliphatic rings. The number of nitrogens with zero attached hydrogens (tertiary/aromatic N) is 2. The Balaban J connectivity index is 1.54. The van der Waals surface area contributed by atoms with Crippen molar-refractivity contribution in [3.8, 4) is 0 Å². The zero-order chi connectivity index (χ0) is 21.8. The van der Waals surface area contributed by atoms with Gasteiger partial charge in [-0.2, -0.15) is 5.10 Å². The number of aromatic nitrogens is 1. The number of rotatable bonds is 6. The molecule has 4 aromatic rings. The van der Waals surface area contributed by atoms with Crippen LogP contribution in [0.2, 0.25) is 5.02 Å². The maximum Gasteiger partial charge on any atom is 0.373 e. The molecule has 1 amide bonds.